The van der Waals surface area contributed by atoms with Crippen LogP contribution in [0.3, 0.4) is 0 Å². The minimum Gasteiger partial charge on any atom is -0.457 e. The van der Waals surface area contributed by atoms with Crippen LogP contribution in [0, 0.1) is 0 Å². The molecule has 0 radical (unpaired) electrons. The zero-order valence-corrected chi connectivity index (χ0v) is 14.4. The molecule has 0 saturated heterocycles. The summed E-state index contributed by atoms with van der Waals surface area (Å²) in [5.74, 6) is 1.62. The predicted octanol–water partition coefficient (Wildman–Crippen LogP) is 5.59. The molecule has 2 nitrogen and oxygen atoms in total. The molecule has 1 atom stereocenters. The number of aliphatic hydroxyl groups excluding tert-OH is 1. The van der Waals surface area contributed by atoms with E-state index in [0.717, 1.165) is 21.5 Å². The van der Waals surface area contributed by atoms with Gasteiger partial charge in [0.2, 0.25) is 0 Å². The minimum atomic E-state index is -0.504. The Morgan fingerprint density at radius 1 is 1.10 bits per heavy atom. The average Bonchev–Trinajstić information content (AvgIpc) is 2.37. The lowest BCUT2D eigenvalue weighted by Gasteiger charge is -2.22. The quantitative estimate of drug-likeness (QED) is 0.782. The summed E-state index contributed by atoms with van der Waals surface area (Å²) in [6.07, 6.45) is -0.504. The van der Waals surface area contributed by atoms with Crippen LogP contribution in [0.4, 0.5) is 0 Å². The second-order valence-corrected chi connectivity index (χ2v) is 7.06. The van der Waals surface area contributed by atoms with Crippen molar-refractivity contribution in [3.8, 4) is 11.5 Å². The van der Waals surface area contributed by atoms with Gasteiger partial charge in [0.05, 0.1) is 6.10 Å². The number of aliphatic hydroxyl groups is 1. The lowest BCUT2D eigenvalue weighted by atomic mass is 9.86. The molecule has 0 bridgehead atoms. The molecule has 1 N–H and O–H groups in total. The number of benzene rings is 2. The Morgan fingerprint density at radius 2 is 1.76 bits per heavy atom. The van der Waals surface area contributed by atoms with E-state index in [1.165, 1.54) is 5.56 Å². The van der Waals surface area contributed by atoms with Crippen molar-refractivity contribution >= 4 is 15.9 Å². The largest absolute Gasteiger partial charge is 0.457 e. The van der Waals surface area contributed by atoms with Crippen LogP contribution in [-0.2, 0) is 5.41 Å². The number of para-hydroxylation sites is 1. The van der Waals surface area contributed by atoms with Crippen LogP contribution in [-0.4, -0.2) is 5.11 Å². The highest BCUT2D eigenvalue weighted by Gasteiger charge is 2.19. The fraction of sp³-hybridized carbons (Fsp3) is 0.333. The molecular formula is C18H21BrO2. The Bertz CT molecular complexity index is 627. The zero-order chi connectivity index (χ0) is 15.6. The van der Waals surface area contributed by atoms with Gasteiger partial charge in [-0.1, -0.05) is 61.0 Å². The highest BCUT2D eigenvalue weighted by molar-refractivity contribution is 9.10. The van der Waals surface area contributed by atoms with Gasteiger partial charge in [-0.25, -0.2) is 0 Å². The summed E-state index contributed by atoms with van der Waals surface area (Å²) < 4.78 is 6.89. The smallest absolute Gasteiger partial charge is 0.131 e. The summed E-state index contributed by atoms with van der Waals surface area (Å²) in [4.78, 5) is 0. The molecule has 21 heavy (non-hydrogen) atoms. The number of rotatable bonds is 3. The predicted molar refractivity (Wildman–Crippen MR) is 90.0 cm³/mol. The molecule has 112 valence electrons. The van der Waals surface area contributed by atoms with Crippen molar-refractivity contribution in [3.63, 3.8) is 0 Å². The van der Waals surface area contributed by atoms with Gasteiger partial charge in [-0.05, 0) is 36.1 Å². The third-order valence-corrected chi connectivity index (χ3v) is 4.03. The van der Waals surface area contributed by atoms with Crippen molar-refractivity contribution in [2.75, 3.05) is 0 Å². The van der Waals surface area contributed by atoms with E-state index in [9.17, 15) is 5.11 Å². The fourth-order valence-electron chi connectivity index (χ4n) is 2.21. The van der Waals surface area contributed by atoms with Gasteiger partial charge < -0.3 is 9.84 Å². The van der Waals surface area contributed by atoms with Crippen LogP contribution < -0.4 is 4.74 Å². The molecule has 0 amide bonds. The molecule has 0 aliphatic heterocycles. The maximum Gasteiger partial charge on any atom is 0.131 e. The maximum absolute atomic E-state index is 9.67. The van der Waals surface area contributed by atoms with Gasteiger partial charge in [0.25, 0.3) is 0 Å². The lowest BCUT2D eigenvalue weighted by Crippen LogP contribution is -2.12. The Morgan fingerprint density at radius 3 is 2.33 bits per heavy atom. The molecule has 2 aromatic carbocycles. The van der Waals surface area contributed by atoms with Gasteiger partial charge in [0.1, 0.15) is 11.5 Å². The molecule has 0 aromatic heterocycles. The van der Waals surface area contributed by atoms with E-state index in [0.29, 0.717) is 0 Å². The summed E-state index contributed by atoms with van der Waals surface area (Å²) in [7, 11) is 0. The molecule has 0 unspecified atom stereocenters. The minimum absolute atomic E-state index is 0.0212. The molecule has 2 aromatic rings. The summed E-state index contributed by atoms with van der Waals surface area (Å²) in [6, 6.07) is 13.7. The molecule has 2 rings (SSSR count). The first kappa shape index (κ1) is 16.1. The first-order valence-electron chi connectivity index (χ1n) is 7.04. The second-order valence-electron chi connectivity index (χ2n) is 6.21. The van der Waals surface area contributed by atoms with E-state index in [1.807, 2.05) is 36.4 Å². The number of hydrogen-bond donors (Lipinski definition) is 1. The van der Waals surface area contributed by atoms with Crippen LogP contribution in [0.25, 0.3) is 0 Å². The maximum atomic E-state index is 9.67. The molecule has 0 saturated carbocycles. The number of hydrogen-bond acceptors (Lipinski definition) is 2. The summed E-state index contributed by atoms with van der Waals surface area (Å²) in [6.45, 7) is 8.25. The van der Waals surface area contributed by atoms with E-state index in [4.69, 9.17) is 4.74 Å². The monoisotopic (exact) mass is 348 g/mol. The SMILES string of the molecule is C[C@@H](O)c1ccc(Oc2ccccc2C(C)(C)C)cc1Br. The Hall–Kier alpha value is -1.32. The second kappa shape index (κ2) is 6.20. The van der Waals surface area contributed by atoms with Crippen LogP contribution in [0.1, 0.15) is 44.9 Å². The highest BCUT2D eigenvalue weighted by atomic mass is 79.9. The number of ether oxygens (including phenoxy) is 1. The van der Waals surface area contributed by atoms with Gasteiger partial charge in [-0.3, -0.25) is 0 Å². The van der Waals surface area contributed by atoms with Crippen molar-refractivity contribution in [1.82, 2.24) is 0 Å². The van der Waals surface area contributed by atoms with Gasteiger partial charge in [-0.2, -0.15) is 0 Å². The van der Waals surface area contributed by atoms with Crippen molar-refractivity contribution in [3.05, 3.63) is 58.1 Å². The fourth-order valence-corrected chi connectivity index (χ4v) is 2.90. The Kier molecular flexibility index (Phi) is 4.74. The van der Waals surface area contributed by atoms with Crippen LogP contribution >= 0.6 is 15.9 Å². The Labute approximate surface area is 134 Å². The standard InChI is InChI=1S/C18H21BrO2/c1-12(20)14-10-9-13(11-16(14)19)21-17-8-6-5-7-15(17)18(2,3)4/h5-12,20H,1-4H3/t12-/m1/s1. The van der Waals surface area contributed by atoms with E-state index in [1.54, 1.807) is 6.92 Å². The Balaban J connectivity index is 2.33. The first-order valence-corrected chi connectivity index (χ1v) is 7.83. The van der Waals surface area contributed by atoms with Crippen molar-refractivity contribution < 1.29 is 9.84 Å². The summed E-state index contributed by atoms with van der Waals surface area (Å²) >= 11 is 3.48. The normalized spacial score (nSPS) is 13.0. The average molecular weight is 349 g/mol. The lowest BCUT2D eigenvalue weighted by molar-refractivity contribution is 0.198. The van der Waals surface area contributed by atoms with E-state index in [-0.39, 0.29) is 5.41 Å². The summed E-state index contributed by atoms with van der Waals surface area (Å²) in [5, 5.41) is 9.67. The van der Waals surface area contributed by atoms with E-state index in [2.05, 4.69) is 42.8 Å². The van der Waals surface area contributed by atoms with Gasteiger partial charge in [-0.15, -0.1) is 0 Å². The molecule has 0 aliphatic carbocycles. The molecular weight excluding hydrogens is 328 g/mol. The highest BCUT2D eigenvalue weighted by Crippen LogP contribution is 2.35. The summed E-state index contributed by atoms with van der Waals surface area (Å²) in [5.41, 5.74) is 2.04. The third-order valence-electron chi connectivity index (χ3n) is 3.34. The molecule has 0 aliphatic rings. The van der Waals surface area contributed by atoms with Gasteiger partial charge in [0, 0.05) is 10.0 Å². The molecule has 0 heterocycles. The van der Waals surface area contributed by atoms with Gasteiger partial charge >= 0.3 is 0 Å². The van der Waals surface area contributed by atoms with Crippen LogP contribution in [0.5, 0.6) is 11.5 Å². The van der Waals surface area contributed by atoms with Crippen LogP contribution in [0.15, 0.2) is 46.9 Å². The van der Waals surface area contributed by atoms with Crippen molar-refractivity contribution in [2.45, 2.75) is 39.2 Å². The van der Waals surface area contributed by atoms with Gasteiger partial charge in [0.15, 0.2) is 0 Å². The molecule has 0 fully saturated rings. The zero-order valence-electron chi connectivity index (χ0n) is 12.9. The molecule has 0 spiro atoms. The van der Waals surface area contributed by atoms with E-state index >= 15 is 0 Å². The van der Waals surface area contributed by atoms with Crippen LogP contribution in [0.2, 0.25) is 0 Å². The third kappa shape index (κ3) is 3.86. The topological polar surface area (TPSA) is 29.5 Å². The number of halogens is 1. The molecule has 3 heteroatoms. The van der Waals surface area contributed by atoms with E-state index < -0.39 is 6.10 Å². The first-order chi connectivity index (χ1) is 9.79. The van der Waals surface area contributed by atoms with Crippen molar-refractivity contribution in [2.24, 2.45) is 0 Å². The van der Waals surface area contributed by atoms with Crippen molar-refractivity contribution in [1.29, 1.82) is 0 Å².